The predicted molar refractivity (Wildman–Crippen MR) is 133 cm³/mol. The van der Waals surface area contributed by atoms with E-state index in [1.807, 2.05) is 24.3 Å². The lowest BCUT2D eigenvalue weighted by atomic mass is 10.1. The van der Waals surface area contributed by atoms with Crippen molar-refractivity contribution in [2.24, 2.45) is 0 Å². The molecule has 7 nitrogen and oxygen atoms in total. The molecule has 188 valence electrons. The number of benzene rings is 2. The Morgan fingerprint density at radius 2 is 1.68 bits per heavy atom. The first-order chi connectivity index (χ1) is 15.6. The second-order valence-electron chi connectivity index (χ2n) is 8.24. The molecule has 0 spiro atoms. The van der Waals surface area contributed by atoms with Gasteiger partial charge in [-0.25, -0.2) is 4.39 Å². The van der Waals surface area contributed by atoms with Crippen molar-refractivity contribution in [2.75, 3.05) is 52.5 Å². The summed E-state index contributed by atoms with van der Waals surface area (Å²) in [5.74, 6) is 0.850. The fourth-order valence-corrected chi connectivity index (χ4v) is 4.16. The molecule has 2 aromatic rings. The quantitative estimate of drug-likeness (QED) is 0.526. The highest BCUT2D eigenvalue weighted by atomic mass is 35.5. The van der Waals surface area contributed by atoms with E-state index in [4.69, 9.17) is 9.47 Å². The maximum atomic E-state index is 12.9. The summed E-state index contributed by atoms with van der Waals surface area (Å²) in [4.78, 5) is 16.6. The lowest BCUT2D eigenvalue weighted by Crippen LogP contribution is -2.65. The molecule has 0 saturated carbocycles. The number of ether oxygens (including phenoxy) is 2. The van der Waals surface area contributed by atoms with E-state index < -0.39 is 5.72 Å². The van der Waals surface area contributed by atoms with Gasteiger partial charge >= 0.3 is 0 Å². The Bertz CT molecular complexity index is 913. The molecule has 2 N–H and O–H groups in total. The summed E-state index contributed by atoms with van der Waals surface area (Å²) >= 11 is 0. The van der Waals surface area contributed by atoms with Crippen molar-refractivity contribution in [2.45, 2.75) is 18.6 Å². The van der Waals surface area contributed by atoms with Crippen molar-refractivity contribution < 1.29 is 23.8 Å². The summed E-state index contributed by atoms with van der Waals surface area (Å²) in [5, 5.41) is 13.0. The number of rotatable bonds is 8. The van der Waals surface area contributed by atoms with Crippen LogP contribution in [0.2, 0.25) is 0 Å². The highest BCUT2D eigenvalue weighted by Crippen LogP contribution is 2.36. The Balaban J connectivity index is 0.00000204. The van der Waals surface area contributed by atoms with Gasteiger partial charge in [-0.05, 0) is 55.8 Å². The van der Waals surface area contributed by atoms with Crippen LogP contribution >= 0.6 is 24.8 Å². The van der Waals surface area contributed by atoms with Crippen molar-refractivity contribution in [3.8, 4) is 11.5 Å². The fourth-order valence-electron chi connectivity index (χ4n) is 4.16. The average molecular weight is 516 g/mol. The summed E-state index contributed by atoms with van der Waals surface area (Å²) in [6.07, 6.45) is 1.85. The number of aliphatic hydroxyl groups is 1. The van der Waals surface area contributed by atoms with Crippen LogP contribution in [0.1, 0.15) is 23.2 Å². The van der Waals surface area contributed by atoms with E-state index in [9.17, 15) is 14.3 Å². The molecule has 34 heavy (non-hydrogen) atoms. The van der Waals surface area contributed by atoms with Crippen LogP contribution in [0.15, 0.2) is 48.5 Å². The van der Waals surface area contributed by atoms with E-state index in [1.165, 1.54) is 24.3 Å². The minimum absolute atomic E-state index is 0. The topological polar surface area (TPSA) is 74.3 Å². The zero-order chi connectivity index (χ0) is 22.4. The highest BCUT2D eigenvalue weighted by molar-refractivity contribution is 5.94. The maximum absolute atomic E-state index is 12.9. The van der Waals surface area contributed by atoms with Crippen molar-refractivity contribution in [1.29, 1.82) is 0 Å². The number of halogens is 3. The second-order valence-corrected chi connectivity index (χ2v) is 8.24. The van der Waals surface area contributed by atoms with Gasteiger partial charge in [0.2, 0.25) is 5.72 Å². The molecule has 4 rings (SSSR count). The zero-order valence-electron chi connectivity index (χ0n) is 19.0. The van der Waals surface area contributed by atoms with Gasteiger partial charge in [0.1, 0.15) is 19.0 Å². The lowest BCUT2D eigenvalue weighted by Gasteiger charge is -2.47. The molecule has 2 aliphatic rings. The molecule has 2 aromatic carbocycles. The van der Waals surface area contributed by atoms with Crippen LogP contribution in [-0.2, 0) is 0 Å². The van der Waals surface area contributed by atoms with Crippen LogP contribution in [0.3, 0.4) is 0 Å². The summed E-state index contributed by atoms with van der Waals surface area (Å²) < 4.78 is 25.0. The monoisotopic (exact) mass is 515 g/mol. The lowest BCUT2D eigenvalue weighted by molar-refractivity contribution is -0.163. The molecule has 0 bridgehead atoms. The molecular formula is C24H32Cl2FN3O4. The number of hydrogen-bond acceptors (Lipinski definition) is 6. The standard InChI is InChI=1S/C24H30FN3O4.2ClH/c25-20-9-7-19(8-10-20)23(30)26-11-3-4-12-27-13-15-28(16-14-27)24(17-29)18-31-21-5-1-2-6-22(21)32-24;;/h1-2,5-10,29H,3-4,11-18H2,(H,26,30);2*1H. The van der Waals surface area contributed by atoms with Gasteiger partial charge in [-0.3, -0.25) is 9.69 Å². The van der Waals surface area contributed by atoms with Crippen LogP contribution in [0.5, 0.6) is 11.5 Å². The Morgan fingerprint density at radius 3 is 2.35 bits per heavy atom. The minimum Gasteiger partial charge on any atom is -0.484 e. The third-order valence-corrected chi connectivity index (χ3v) is 6.09. The first-order valence-electron chi connectivity index (χ1n) is 11.1. The van der Waals surface area contributed by atoms with Crippen molar-refractivity contribution in [3.63, 3.8) is 0 Å². The third-order valence-electron chi connectivity index (χ3n) is 6.09. The van der Waals surface area contributed by atoms with E-state index in [-0.39, 0.29) is 43.1 Å². The number of amides is 1. The number of nitrogens with one attached hydrogen (secondary N) is 1. The van der Waals surface area contributed by atoms with Gasteiger partial charge in [0.15, 0.2) is 11.5 Å². The number of carbonyl (C=O) groups is 1. The number of hydrogen-bond donors (Lipinski definition) is 2. The molecule has 1 unspecified atom stereocenters. The highest BCUT2D eigenvalue weighted by Gasteiger charge is 2.44. The number of fused-ring (bicyclic) bond motifs is 1. The number of piperazine rings is 1. The summed E-state index contributed by atoms with van der Waals surface area (Å²) in [7, 11) is 0. The molecule has 10 heteroatoms. The number of aliphatic hydroxyl groups excluding tert-OH is 1. The number of para-hydroxylation sites is 2. The molecule has 0 radical (unpaired) electrons. The number of nitrogens with zero attached hydrogens (tertiary/aromatic N) is 2. The Hall–Kier alpha value is -2.10. The summed E-state index contributed by atoms with van der Waals surface area (Å²) in [6.45, 7) is 5.05. The zero-order valence-corrected chi connectivity index (χ0v) is 20.6. The van der Waals surface area contributed by atoms with Crippen LogP contribution in [0.4, 0.5) is 4.39 Å². The van der Waals surface area contributed by atoms with Gasteiger partial charge in [0.25, 0.3) is 5.91 Å². The molecule has 1 atom stereocenters. The van der Waals surface area contributed by atoms with Crippen LogP contribution in [0, 0.1) is 5.82 Å². The van der Waals surface area contributed by atoms with Crippen molar-refractivity contribution >= 4 is 30.7 Å². The molecule has 1 saturated heterocycles. The first-order valence-corrected chi connectivity index (χ1v) is 11.1. The Morgan fingerprint density at radius 1 is 1.00 bits per heavy atom. The van der Waals surface area contributed by atoms with E-state index in [1.54, 1.807) is 0 Å². The third kappa shape index (κ3) is 6.73. The molecule has 0 aromatic heterocycles. The van der Waals surface area contributed by atoms with Gasteiger partial charge in [-0.15, -0.1) is 24.8 Å². The summed E-state index contributed by atoms with van der Waals surface area (Å²) in [6, 6.07) is 13.1. The van der Waals surface area contributed by atoms with Crippen LogP contribution in [-0.4, -0.2) is 79.0 Å². The largest absolute Gasteiger partial charge is 0.484 e. The van der Waals surface area contributed by atoms with Crippen LogP contribution in [0.25, 0.3) is 0 Å². The summed E-state index contributed by atoms with van der Waals surface area (Å²) in [5.41, 5.74) is -0.373. The Labute approximate surface area is 212 Å². The van der Waals surface area contributed by atoms with Crippen molar-refractivity contribution in [1.82, 2.24) is 15.1 Å². The van der Waals surface area contributed by atoms with Crippen LogP contribution < -0.4 is 14.8 Å². The smallest absolute Gasteiger partial charge is 0.251 e. The maximum Gasteiger partial charge on any atom is 0.251 e. The minimum atomic E-state index is -0.842. The van der Waals surface area contributed by atoms with Gasteiger partial charge in [0.05, 0.1) is 0 Å². The molecular weight excluding hydrogens is 484 g/mol. The van der Waals surface area contributed by atoms with Gasteiger partial charge in [-0.1, -0.05) is 12.1 Å². The molecule has 2 heterocycles. The molecule has 0 aliphatic carbocycles. The van der Waals surface area contributed by atoms with Gasteiger partial charge in [0, 0.05) is 38.3 Å². The first kappa shape index (κ1) is 28.1. The van der Waals surface area contributed by atoms with E-state index >= 15 is 0 Å². The van der Waals surface area contributed by atoms with E-state index in [2.05, 4.69) is 15.1 Å². The average Bonchev–Trinajstić information content (AvgIpc) is 2.84. The molecule has 1 fully saturated rings. The van der Waals surface area contributed by atoms with Gasteiger partial charge < -0.3 is 24.8 Å². The van der Waals surface area contributed by atoms with Gasteiger partial charge in [-0.2, -0.15) is 0 Å². The van der Waals surface area contributed by atoms with E-state index in [0.29, 0.717) is 30.2 Å². The SMILES string of the molecule is Cl.Cl.O=C(NCCCCN1CCN(C2(CO)COc3ccccc3O2)CC1)c1ccc(F)cc1. The number of carbonyl (C=O) groups excluding carboxylic acids is 1. The second kappa shape index (κ2) is 13.1. The molecule has 2 aliphatic heterocycles. The van der Waals surface area contributed by atoms with Crippen molar-refractivity contribution in [3.05, 3.63) is 59.9 Å². The predicted octanol–water partition coefficient (Wildman–Crippen LogP) is 2.96. The number of unbranched alkanes of at least 4 members (excludes halogenated alkanes) is 1. The Kier molecular flexibility index (Phi) is 10.9. The normalized spacial score (nSPS) is 20.1. The molecule has 1 amide bonds. The van der Waals surface area contributed by atoms with E-state index in [0.717, 1.165) is 45.6 Å². The fraction of sp³-hybridized carbons (Fsp3) is 0.458.